The van der Waals surface area contributed by atoms with Crippen molar-refractivity contribution in [2.24, 2.45) is 0 Å². The first-order valence-corrected chi connectivity index (χ1v) is 10.5. The SMILES string of the molecule is COC(=O)C(CC(Cl)N1C(=O)c2ccccc2C1=O)(Sc1ccc(C)cc1)C(=O)OC. The number of fused-ring (bicyclic) bond motifs is 1. The van der Waals surface area contributed by atoms with Gasteiger partial charge in [0.05, 0.1) is 25.3 Å². The summed E-state index contributed by atoms with van der Waals surface area (Å²) in [5.74, 6) is -2.98. The predicted molar refractivity (Wildman–Crippen MR) is 115 cm³/mol. The molecule has 1 aliphatic heterocycles. The number of imide groups is 1. The van der Waals surface area contributed by atoms with Crippen LogP contribution in [0.25, 0.3) is 0 Å². The second kappa shape index (κ2) is 9.11. The van der Waals surface area contributed by atoms with Gasteiger partial charge in [-0.05, 0) is 31.2 Å². The Kier molecular flexibility index (Phi) is 6.71. The Hall–Kier alpha value is -2.84. The number of hydrogen-bond acceptors (Lipinski definition) is 7. The van der Waals surface area contributed by atoms with Gasteiger partial charge in [0.1, 0.15) is 5.50 Å². The summed E-state index contributed by atoms with van der Waals surface area (Å²) in [6, 6.07) is 13.4. The second-order valence-electron chi connectivity index (χ2n) is 6.89. The van der Waals surface area contributed by atoms with Gasteiger partial charge in [-0.15, -0.1) is 0 Å². The van der Waals surface area contributed by atoms with E-state index in [9.17, 15) is 19.2 Å². The van der Waals surface area contributed by atoms with Crippen LogP contribution in [0.1, 0.15) is 32.7 Å². The molecule has 1 heterocycles. The molecule has 9 heteroatoms. The molecule has 0 saturated carbocycles. The fourth-order valence-electron chi connectivity index (χ4n) is 3.30. The first-order chi connectivity index (χ1) is 14.7. The zero-order valence-corrected chi connectivity index (χ0v) is 18.7. The molecule has 0 spiro atoms. The van der Waals surface area contributed by atoms with Gasteiger partial charge in [0, 0.05) is 11.3 Å². The van der Waals surface area contributed by atoms with Gasteiger partial charge in [-0.2, -0.15) is 0 Å². The highest BCUT2D eigenvalue weighted by Crippen LogP contribution is 2.41. The molecule has 1 unspecified atom stereocenters. The Morgan fingerprint density at radius 1 is 0.968 bits per heavy atom. The van der Waals surface area contributed by atoms with E-state index in [0.717, 1.165) is 36.4 Å². The van der Waals surface area contributed by atoms with E-state index in [2.05, 4.69) is 0 Å². The zero-order valence-electron chi connectivity index (χ0n) is 17.1. The number of carbonyl (C=O) groups excluding carboxylic acids is 4. The number of ether oxygens (including phenoxy) is 2. The van der Waals surface area contributed by atoms with E-state index >= 15 is 0 Å². The number of rotatable bonds is 7. The molecule has 2 amide bonds. The normalized spacial score (nSPS) is 14.3. The summed E-state index contributed by atoms with van der Waals surface area (Å²) < 4.78 is 7.88. The maximum absolute atomic E-state index is 12.8. The number of alkyl halides is 1. The molecule has 2 aromatic carbocycles. The summed E-state index contributed by atoms with van der Waals surface area (Å²) in [4.78, 5) is 52.7. The molecule has 0 aliphatic carbocycles. The van der Waals surface area contributed by atoms with Crippen LogP contribution in [-0.2, 0) is 19.1 Å². The summed E-state index contributed by atoms with van der Waals surface area (Å²) in [5.41, 5.74) is 0.119. The molecule has 1 atom stereocenters. The number of methoxy groups -OCH3 is 2. The van der Waals surface area contributed by atoms with E-state index in [1.165, 1.54) is 12.1 Å². The lowest BCUT2D eigenvalue weighted by Crippen LogP contribution is -2.50. The number of benzene rings is 2. The van der Waals surface area contributed by atoms with Gasteiger partial charge in [0.25, 0.3) is 11.8 Å². The maximum atomic E-state index is 12.8. The first-order valence-electron chi connectivity index (χ1n) is 9.28. The number of hydrogen-bond donors (Lipinski definition) is 0. The largest absolute Gasteiger partial charge is 0.468 e. The van der Waals surface area contributed by atoms with E-state index in [1.54, 1.807) is 24.3 Å². The molecule has 0 N–H and O–H groups in total. The topological polar surface area (TPSA) is 90.0 Å². The summed E-state index contributed by atoms with van der Waals surface area (Å²) in [6.07, 6.45) is -0.405. The molecule has 1 aliphatic rings. The van der Waals surface area contributed by atoms with Crippen molar-refractivity contribution in [3.8, 4) is 0 Å². The highest BCUT2D eigenvalue weighted by atomic mass is 35.5. The summed E-state index contributed by atoms with van der Waals surface area (Å²) in [7, 11) is 2.28. The number of nitrogens with zero attached hydrogens (tertiary/aromatic N) is 1. The minimum Gasteiger partial charge on any atom is -0.468 e. The van der Waals surface area contributed by atoms with Crippen LogP contribution in [0.4, 0.5) is 0 Å². The minimum absolute atomic E-state index is 0.214. The average Bonchev–Trinajstić information content (AvgIpc) is 3.03. The van der Waals surface area contributed by atoms with Gasteiger partial charge >= 0.3 is 11.9 Å². The molecule has 3 rings (SSSR count). The van der Waals surface area contributed by atoms with Crippen LogP contribution >= 0.6 is 23.4 Å². The van der Waals surface area contributed by atoms with Crippen molar-refractivity contribution in [1.82, 2.24) is 4.90 Å². The highest BCUT2D eigenvalue weighted by Gasteiger charge is 2.53. The number of amides is 2. The van der Waals surface area contributed by atoms with Gasteiger partial charge in [0.15, 0.2) is 0 Å². The Balaban J connectivity index is 1.99. The summed E-state index contributed by atoms with van der Waals surface area (Å²) in [6.45, 7) is 1.90. The lowest BCUT2D eigenvalue weighted by atomic mass is 10.0. The van der Waals surface area contributed by atoms with Crippen LogP contribution < -0.4 is 0 Å². The van der Waals surface area contributed by atoms with Crippen molar-refractivity contribution in [1.29, 1.82) is 0 Å². The Morgan fingerprint density at radius 3 is 1.90 bits per heavy atom. The summed E-state index contributed by atoms with van der Waals surface area (Å²) >= 11 is 7.40. The van der Waals surface area contributed by atoms with Crippen molar-refractivity contribution in [2.45, 2.75) is 28.5 Å². The van der Waals surface area contributed by atoms with Gasteiger partial charge in [-0.1, -0.05) is 53.2 Å². The molecule has 0 saturated heterocycles. The van der Waals surface area contributed by atoms with Crippen LogP contribution in [0.2, 0.25) is 0 Å². The van der Waals surface area contributed by atoms with E-state index in [0.29, 0.717) is 4.90 Å². The lowest BCUT2D eigenvalue weighted by Gasteiger charge is -2.31. The van der Waals surface area contributed by atoms with Crippen LogP contribution in [0, 0.1) is 6.92 Å². The maximum Gasteiger partial charge on any atom is 0.334 e. The monoisotopic (exact) mass is 461 g/mol. The van der Waals surface area contributed by atoms with Gasteiger partial charge < -0.3 is 9.47 Å². The standard InChI is InChI=1S/C22H20ClNO6S/c1-13-8-10-14(11-9-13)31-22(20(27)29-2,21(28)30-3)12-17(23)24-18(25)15-6-4-5-7-16(15)19(24)26/h4-11,17H,12H2,1-3H3. The molecule has 2 aromatic rings. The Bertz CT molecular complexity index is 988. The summed E-state index contributed by atoms with van der Waals surface area (Å²) in [5, 5.41) is 0. The smallest absolute Gasteiger partial charge is 0.334 e. The minimum atomic E-state index is -1.93. The van der Waals surface area contributed by atoms with Gasteiger partial charge in [-0.25, -0.2) is 9.59 Å². The third-order valence-corrected chi connectivity index (χ3v) is 6.61. The molecule has 0 aromatic heterocycles. The average molecular weight is 462 g/mol. The number of halogens is 1. The third kappa shape index (κ3) is 4.18. The molecule has 31 heavy (non-hydrogen) atoms. The third-order valence-electron chi connectivity index (χ3n) is 4.90. The quantitative estimate of drug-likeness (QED) is 0.156. The van der Waals surface area contributed by atoms with Crippen LogP contribution in [0.5, 0.6) is 0 Å². The Labute approximate surface area is 188 Å². The molecular formula is C22H20ClNO6S. The predicted octanol–water partition coefficient (Wildman–Crippen LogP) is 3.42. The van der Waals surface area contributed by atoms with E-state index in [4.69, 9.17) is 21.1 Å². The fraction of sp³-hybridized carbons (Fsp3) is 0.273. The number of thioether (sulfide) groups is 1. The van der Waals surface area contributed by atoms with Crippen molar-refractivity contribution in [3.05, 3.63) is 65.2 Å². The van der Waals surface area contributed by atoms with E-state index < -0.39 is 40.4 Å². The molecule has 0 radical (unpaired) electrons. The van der Waals surface area contributed by atoms with Crippen molar-refractivity contribution < 1.29 is 28.7 Å². The van der Waals surface area contributed by atoms with Gasteiger partial charge in [0.2, 0.25) is 4.75 Å². The Morgan fingerprint density at radius 2 is 1.45 bits per heavy atom. The van der Waals surface area contributed by atoms with Crippen LogP contribution in [0.15, 0.2) is 53.4 Å². The lowest BCUT2D eigenvalue weighted by molar-refractivity contribution is -0.156. The fourth-order valence-corrected chi connectivity index (χ4v) is 5.05. The van der Waals surface area contributed by atoms with Gasteiger partial charge in [-0.3, -0.25) is 14.5 Å². The first kappa shape index (κ1) is 22.8. The van der Waals surface area contributed by atoms with Crippen LogP contribution in [-0.4, -0.2) is 53.1 Å². The zero-order chi connectivity index (χ0) is 22.8. The second-order valence-corrected chi connectivity index (χ2v) is 8.77. The number of carbonyl (C=O) groups is 4. The number of esters is 2. The van der Waals surface area contributed by atoms with Crippen molar-refractivity contribution >= 4 is 47.1 Å². The molecule has 0 fully saturated rings. The van der Waals surface area contributed by atoms with Crippen molar-refractivity contribution in [2.75, 3.05) is 14.2 Å². The van der Waals surface area contributed by atoms with E-state index in [-0.39, 0.29) is 11.1 Å². The van der Waals surface area contributed by atoms with Crippen molar-refractivity contribution in [3.63, 3.8) is 0 Å². The molecule has 0 bridgehead atoms. The van der Waals surface area contributed by atoms with E-state index in [1.807, 2.05) is 19.1 Å². The number of aryl methyl sites for hydroxylation is 1. The highest BCUT2D eigenvalue weighted by molar-refractivity contribution is 8.02. The molecular weight excluding hydrogens is 442 g/mol. The van der Waals surface area contributed by atoms with Crippen LogP contribution in [0.3, 0.4) is 0 Å². The molecule has 7 nitrogen and oxygen atoms in total. The molecule has 162 valence electrons.